The number of hydrogen-bond acceptors (Lipinski definition) is 4. The largest absolute Gasteiger partial charge is 0.318 e. The van der Waals surface area contributed by atoms with E-state index >= 15 is 0 Å². The highest BCUT2D eigenvalue weighted by Gasteiger charge is 2.15. The molecule has 0 radical (unpaired) electrons. The van der Waals surface area contributed by atoms with E-state index in [9.17, 15) is 0 Å². The van der Waals surface area contributed by atoms with Crippen LogP contribution in [-0.2, 0) is 0 Å². The molecule has 1 aromatic carbocycles. The van der Waals surface area contributed by atoms with Crippen LogP contribution in [0, 0.1) is 0 Å². The fourth-order valence-electron chi connectivity index (χ4n) is 1.85. The maximum Gasteiger partial charge on any atom is 0.199 e. The van der Waals surface area contributed by atoms with Gasteiger partial charge in [-0.25, -0.2) is 4.98 Å². The third-order valence-corrected chi connectivity index (χ3v) is 3.17. The summed E-state index contributed by atoms with van der Waals surface area (Å²) in [7, 11) is 0. The standard InChI is InChI=1S/C14H12ClN5/c15-10-6-4-9(5-7-10)12(16)14-18-13(19-20-14)11-3-1-2-8-17-11/h1-8,12H,16H2,(H,18,19,20)/t12-/m1/s1. The predicted octanol–water partition coefficient (Wildman–Crippen LogP) is 2.57. The molecule has 6 heteroatoms. The molecule has 0 aliphatic carbocycles. The Hall–Kier alpha value is -2.24. The third kappa shape index (κ3) is 2.54. The number of nitrogens with zero attached hydrogens (tertiary/aromatic N) is 3. The van der Waals surface area contributed by atoms with Crippen molar-refractivity contribution in [2.75, 3.05) is 0 Å². The molecule has 0 aliphatic heterocycles. The first-order chi connectivity index (χ1) is 9.74. The summed E-state index contributed by atoms with van der Waals surface area (Å²) in [5, 5.41) is 7.68. The molecule has 2 heterocycles. The summed E-state index contributed by atoms with van der Waals surface area (Å²) in [6.45, 7) is 0. The van der Waals surface area contributed by atoms with Crippen LogP contribution in [-0.4, -0.2) is 20.2 Å². The maximum absolute atomic E-state index is 6.16. The minimum atomic E-state index is -0.378. The molecule has 0 spiro atoms. The normalized spacial score (nSPS) is 12.3. The van der Waals surface area contributed by atoms with Crippen LogP contribution in [0.25, 0.3) is 11.5 Å². The number of rotatable bonds is 3. The molecular formula is C14H12ClN5. The number of benzene rings is 1. The molecule has 5 nitrogen and oxygen atoms in total. The van der Waals surface area contributed by atoms with Gasteiger partial charge in [-0.05, 0) is 29.8 Å². The summed E-state index contributed by atoms with van der Waals surface area (Å²) < 4.78 is 0. The first-order valence-corrected chi connectivity index (χ1v) is 6.46. The highest BCUT2D eigenvalue weighted by Crippen LogP contribution is 2.20. The lowest BCUT2D eigenvalue weighted by atomic mass is 10.1. The monoisotopic (exact) mass is 285 g/mol. The van der Waals surface area contributed by atoms with Gasteiger partial charge in [0.1, 0.15) is 11.5 Å². The summed E-state index contributed by atoms with van der Waals surface area (Å²) in [6.07, 6.45) is 1.70. The molecule has 3 rings (SSSR count). The van der Waals surface area contributed by atoms with Crippen LogP contribution in [0.4, 0.5) is 0 Å². The van der Waals surface area contributed by atoms with Crippen LogP contribution in [0.2, 0.25) is 5.02 Å². The summed E-state index contributed by atoms with van der Waals surface area (Å²) in [4.78, 5) is 8.59. The lowest BCUT2D eigenvalue weighted by Gasteiger charge is -2.08. The molecule has 100 valence electrons. The Kier molecular flexibility index (Phi) is 3.45. The minimum Gasteiger partial charge on any atom is -0.318 e. The Morgan fingerprint density at radius 2 is 1.90 bits per heavy atom. The van der Waals surface area contributed by atoms with Gasteiger partial charge in [0, 0.05) is 11.2 Å². The van der Waals surface area contributed by atoms with E-state index in [-0.39, 0.29) is 6.04 Å². The van der Waals surface area contributed by atoms with Crippen LogP contribution in [0.5, 0.6) is 0 Å². The summed E-state index contributed by atoms with van der Waals surface area (Å²) in [6, 6.07) is 12.5. The number of aromatic amines is 1. The minimum absolute atomic E-state index is 0.378. The lowest BCUT2D eigenvalue weighted by Crippen LogP contribution is -2.13. The Bertz CT molecular complexity index is 693. The van der Waals surface area contributed by atoms with Crippen molar-refractivity contribution in [2.24, 2.45) is 5.73 Å². The van der Waals surface area contributed by atoms with E-state index in [0.29, 0.717) is 22.4 Å². The number of nitrogens with two attached hydrogens (primary N) is 1. The highest BCUT2D eigenvalue weighted by atomic mass is 35.5. The Balaban J connectivity index is 1.88. The smallest absolute Gasteiger partial charge is 0.199 e. The number of pyridine rings is 1. The van der Waals surface area contributed by atoms with Crippen molar-refractivity contribution in [3.05, 3.63) is 65.1 Å². The van der Waals surface area contributed by atoms with Gasteiger partial charge >= 0.3 is 0 Å². The quantitative estimate of drug-likeness (QED) is 0.775. The number of nitrogens with one attached hydrogen (secondary N) is 1. The van der Waals surface area contributed by atoms with Gasteiger partial charge in [0.2, 0.25) is 0 Å². The van der Waals surface area contributed by atoms with E-state index in [0.717, 1.165) is 5.56 Å². The summed E-state index contributed by atoms with van der Waals surface area (Å²) >= 11 is 5.86. The van der Waals surface area contributed by atoms with Crippen LogP contribution in [0.15, 0.2) is 48.7 Å². The van der Waals surface area contributed by atoms with Crippen molar-refractivity contribution in [2.45, 2.75) is 6.04 Å². The topological polar surface area (TPSA) is 80.5 Å². The van der Waals surface area contributed by atoms with Crippen LogP contribution < -0.4 is 5.73 Å². The van der Waals surface area contributed by atoms with E-state index in [2.05, 4.69) is 20.2 Å². The zero-order chi connectivity index (χ0) is 13.9. The van der Waals surface area contributed by atoms with Gasteiger partial charge in [-0.1, -0.05) is 29.8 Å². The summed E-state index contributed by atoms with van der Waals surface area (Å²) in [5.74, 6) is 1.12. The van der Waals surface area contributed by atoms with E-state index in [1.807, 2.05) is 30.3 Å². The first kappa shape index (κ1) is 12.8. The van der Waals surface area contributed by atoms with Gasteiger partial charge in [0.25, 0.3) is 0 Å². The average Bonchev–Trinajstić information content (AvgIpc) is 2.98. The van der Waals surface area contributed by atoms with Crippen molar-refractivity contribution >= 4 is 11.6 Å². The first-order valence-electron chi connectivity index (χ1n) is 6.09. The molecular weight excluding hydrogens is 274 g/mol. The van der Waals surface area contributed by atoms with Gasteiger partial charge in [0.05, 0.1) is 6.04 Å². The van der Waals surface area contributed by atoms with Gasteiger partial charge in [0.15, 0.2) is 5.82 Å². The molecule has 3 aromatic rings. The molecule has 0 amide bonds. The molecule has 0 aliphatic rings. The molecule has 0 saturated carbocycles. The fraction of sp³-hybridized carbons (Fsp3) is 0.0714. The van der Waals surface area contributed by atoms with Crippen molar-refractivity contribution in [1.29, 1.82) is 0 Å². The molecule has 2 aromatic heterocycles. The summed E-state index contributed by atoms with van der Waals surface area (Å²) in [5.41, 5.74) is 7.78. The number of H-pyrrole nitrogens is 1. The van der Waals surface area contributed by atoms with Gasteiger partial charge in [-0.2, -0.15) is 5.10 Å². The van der Waals surface area contributed by atoms with Crippen molar-refractivity contribution in [3.63, 3.8) is 0 Å². The fourth-order valence-corrected chi connectivity index (χ4v) is 1.98. The lowest BCUT2D eigenvalue weighted by molar-refractivity contribution is 0.787. The molecule has 0 saturated heterocycles. The van der Waals surface area contributed by atoms with Gasteiger partial charge in [-0.15, -0.1) is 0 Å². The van der Waals surface area contributed by atoms with Crippen molar-refractivity contribution in [3.8, 4) is 11.5 Å². The van der Waals surface area contributed by atoms with E-state index in [1.54, 1.807) is 18.3 Å². The number of halogens is 1. The Morgan fingerprint density at radius 1 is 1.10 bits per heavy atom. The van der Waals surface area contributed by atoms with Crippen LogP contribution in [0.1, 0.15) is 17.4 Å². The maximum atomic E-state index is 6.16. The molecule has 3 N–H and O–H groups in total. The zero-order valence-corrected chi connectivity index (χ0v) is 11.2. The van der Waals surface area contributed by atoms with Crippen molar-refractivity contribution < 1.29 is 0 Å². The SMILES string of the molecule is N[C@H](c1ccc(Cl)cc1)c1nc(-c2ccccn2)n[nH]1. The van der Waals surface area contributed by atoms with E-state index < -0.39 is 0 Å². The zero-order valence-electron chi connectivity index (χ0n) is 10.5. The van der Waals surface area contributed by atoms with Crippen LogP contribution in [0.3, 0.4) is 0 Å². The average molecular weight is 286 g/mol. The second-order valence-corrected chi connectivity index (χ2v) is 4.72. The second kappa shape index (κ2) is 5.40. The molecule has 20 heavy (non-hydrogen) atoms. The predicted molar refractivity (Wildman–Crippen MR) is 77.1 cm³/mol. The Labute approximate surface area is 120 Å². The van der Waals surface area contributed by atoms with E-state index in [1.165, 1.54) is 0 Å². The second-order valence-electron chi connectivity index (χ2n) is 4.29. The molecule has 0 fully saturated rings. The van der Waals surface area contributed by atoms with Gasteiger partial charge < -0.3 is 5.73 Å². The highest BCUT2D eigenvalue weighted by molar-refractivity contribution is 6.30. The van der Waals surface area contributed by atoms with Crippen molar-refractivity contribution in [1.82, 2.24) is 20.2 Å². The third-order valence-electron chi connectivity index (χ3n) is 2.92. The van der Waals surface area contributed by atoms with Crippen LogP contribution >= 0.6 is 11.6 Å². The van der Waals surface area contributed by atoms with E-state index in [4.69, 9.17) is 17.3 Å². The molecule has 0 bridgehead atoms. The molecule has 1 atom stereocenters. The Morgan fingerprint density at radius 3 is 2.60 bits per heavy atom. The number of aromatic nitrogens is 4. The van der Waals surface area contributed by atoms with Gasteiger partial charge in [-0.3, -0.25) is 10.1 Å². The molecule has 0 unspecified atom stereocenters. The number of hydrogen-bond donors (Lipinski definition) is 2.